The third-order valence-corrected chi connectivity index (χ3v) is 4.01. The summed E-state index contributed by atoms with van der Waals surface area (Å²) in [4.78, 5) is 0. The molecule has 0 aliphatic carbocycles. The number of hydrazine groups is 1. The molecule has 1 aromatic rings. The zero-order chi connectivity index (χ0) is 10.4. The quantitative estimate of drug-likeness (QED) is 0.581. The van der Waals surface area contributed by atoms with E-state index in [2.05, 4.69) is 28.9 Å². The van der Waals surface area contributed by atoms with Crippen molar-refractivity contribution in [3.05, 3.63) is 5.69 Å². The molecule has 0 saturated heterocycles. The smallest absolute Gasteiger partial charge is 0.148 e. The first-order chi connectivity index (χ1) is 6.77. The van der Waals surface area contributed by atoms with Gasteiger partial charge in [-0.05, 0) is 11.7 Å². The van der Waals surface area contributed by atoms with Crippen molar-refractivity contribution in [2.75, 3.05) is 11.2 Å². The zero-order valence-electron chi connectivity index (χ0n) is 8.49. The Morgan fingerprint density at radius 3 is 3.07 bits per heavy atom. The minimum Gasteiger partial charge on any atom is -0.313 e. The summed E-state index contributed by atoms with van der Waals surface area (Å²) in [6.07, 6.45) is 1.23. The van der Waals surface area contributed by atoms with Crippen LogP contribution < -0.4 is 11.3 Å². The highest BCUT2D eigenvalue weighted by atomic mass is 32.2. The van der Waals surface area contributed by atoms with E-state index in [-0.39, 0.29) is 0 Å². The van der Waals surface area contributed by atoms with E-state index in [0.29, 0.717) is 0 Å². The van der Waals surface area contributed by atoms with E-state index in [1.165, 1.54) is 18.0 Å². The van der Waals surface area contributed by atoms with Crippen molar-refractivity contribution in [1.29, 1.82) is 0 Å². The van der Waals surface area contributed by atoms with E-state index < -0.39 is 0 Å². The van der Waals surface area contributed by atoms with E-state index in [4.69, 9.17) is 5.84 Å². The van der Waals surface area contributed by atoms with Gasteiger partial charge in [0.05, 0.1) is 0 Å². The largest absolute Gasteiger partial charge is 0.313 e. The fourth-order valence-corrected chi connectivity index (χ4v) is 2.62. The van der Waals surface area contributed by atoms with Gasteiger partial charge in [0.2, 0.25) is 0 Å². The fourth-order valence-electron chi connectivity index (χ4n) is 0.887. The van der Waals surface area contributed by atoms with Gasteiger partial charge in [-0.25, -0.2) is 5.84 Å². The van der Waals surface area contributed by atoms with Gasteiger partial charge in [-0.15, -0.1) is 5.10 Å². The first kappa shape index (κ1) is 11.7. The van der Waals surface area contributed by atoms with E-state index in [9.17, 15) is 0 Å². The van der Waals surface area contributed by atoms with Crippen LogP contribution in [0.5, 0.6) is 0 Å². The highest BCUT2D eigenvalue weighted by Gasteiger charge is 2.07. The second-order valence-electron chi connectivity index (χ2n) is 3.22. The molecule has 1 aromatic heterocycles. The van der Waals surface area contributed by atoms with Gasteiger partial charge in [-0.1, -0.05) is 24.8 Å². The van der Waals surface area contributed by atoms with E-state index in [1.54, 1.807) is 0 Å². The molecule has 0 aliphatic rings. The van der Waals surface area contributed by atoms with Gasteiger partial charge in [0, 0.05) is 17.3 Å². The zero-order valence-corrected chi connectivity index (χ0v) is 10.1. The minimum atomic E-state index is 0.765. The lowest BCUT2D eigenvalue weighted by Crippen LogP contribution is -2.07. The monoisotopic (exact) mass is 232 g/mol. The van der Waals surface area contributed by atoms with Crippen LogP contribution in [0.4, 0.5) is 5.00 Å². The van der Waals surface area contributed by atoms with Gasteiger partial charge in [-0.3, -0.25) is 0 Å². The third-order valence-electron chi connectivity index (χ3n) is 2.02. The molecular formula is C8H16N4S2. The van der Waals surface area contributed by atoms with Crippen LogP contribution in [-0.2, 0) is 5.75 Å². The Bertz CT molecular complexity index is 264. The van der Waals surface area contributed by atoms with Crippen LogP contribution in [0.3, 0.4) is 0 Å². The first-order valence-electron chi connectivity index (χ1n) is 4.63. The summed E-state index contributed by atoms with van der Waals surface area (Å²) in [5, 5.41) is 4.89. The Balaban J connectivity index is 2.31. The molecule has 0 amide bonds. The molecule has 0 fully saturated rings. The average molecular weight is 232 g/mol. The van der Waals surface area contributed by atoms with Crippen molar-refractivity contribution in [2.24, 2.45) is 11.8 Å². The van der Waals surface area contributed by atoms with Crippen molar-refractivity contribution in [1.82, 2.24) is 9.59 Å². The van der Waals surface area contributed by atoms with E-state index in [0.717, 1.165) is 28.1 Å². The van der Waals surface area contributed by atoms with Gasteiger partial charge in [0.1, 0.15) is 10.7 Å². The van der Waals surface area contributed by atoms with Gasteiger partial charge >= 0.3 is 0 Å². The van der Waals surface area contributed by atoms with Crippen LogP contribution in [-0.4, -0.2) is 15.3 Å². The molecule has 1 rings (SSSR count). The number of nitrogens with two attached hydrogens (primary N) is 1. The fraction of sp³-hybridized carbons (Fsp3) is 0.750. The summed E-state index contributed by atoms with van der Waals surface area (Å²) in [6.45, 7) is 4.47. The number of nitrogen functional groups attached to an aromatic ring is 1. The van der Waals surface area contributed by atoms with Crippen molar-refractivity contribution < 1.29 is 0 Å². The molecule has 0 aromatic carbocycles. The number of nitrogens with zero attached hydrogens (tertiary/aromatic N) is 2. The summed E-state index contributed by atoms with van der Waals surface area (Å²) in [7, 11) is 0. The number of nitrogens with one attached hydrogen (secondary N) is 1. The molecular weight excluding hydrogens is 216 g/mol. The van der Waals surface area contributed by atoms with Crippen LogP contribution in [0.1, 0.15) is 26.0 Å². The highest BCUT2D eigenvalue weighted by Crippen LogP contribution is 2.22. The maximum atomic E-state index is 5.32. The predicted molar refractivity (Wildman–Crippen MR) is 63.3 cm³/mol. The summed E-state index contributed by atoms with van der Waals surface area (Å²) < 4.78 is 3.85. The Morgan fingerprint density at radius 2 is 2.43 bits per heavy atom. The number of rotatable bonds is 6. The molecule has 3 N–H and O–H groups in total. The first-order valence-corrected chi connectivity index (χ1v) is 6.56. The Morgan fingerprint density at radius 1 is 1.64 bits per heavy atom. The number of hydrogen-bond donors (Lipinski definition) is 2. The normalized spacial score (nSPS) is 12.8. The van der Waals surface area contributed by atoms with E-state index in [1.807, 2.05) is 11.8 Å². The molecule has 1 atom stereocenters. The summed E-state index contributed by atoms with van der Waals surface area (Å²) in [5.41, 5.74) is 3.57. The van der Waals surface area contributed by atoms with Gasteiger partial charge < -0.3 is 5.43 Å². The molecule has 14 heavy (non-hydrogen) atoms. The van der Waals surface area contributed by atoms with Crippen LogP contribution >= 0.6 is 23.3 Å². The molecule has 0 aliphatic heterocycles. The van der Waals surface area contributed by atoms with Crippen LogP contribution in [0.2, 0.25) is 0 Å². The topological polar surface area (TPSA) is 63.8 Å². The number of thioether (sulfide) groups is 1. The van der Waals surface area contributed by atoms with Gasteiger partial charge in [-0.2, -0.15) is 11.8 Å². The van der Waals surface area contributed by atoms with Crippen LogP contribution in [0.15, 0.2) is 0 Å². The summed E-state index contributed by atoms with van der Waals surface area (Å²) in [5.74, 6) is 8.14. The Labute approximate surface area is 92.8 Å². The van der Waals surface area contributed by atoms with Crippen LogP contribution in [0.25, 0.3) is 0 Å². The number of aromatic nitrogens is 2. The summed E-state index contributed by atoms with van der Waals surface area (Å²) >= 11 is 3.19. The number of anilines is 1. The maximum Gasteiger partial charge on any atom is 0.148 e. The van der Waals surface area contributed by atoms with Crippen molar-refractivity contribution in [3.63, 3.8) is 0 Å². The van der Waals surface area contributed by atoms with Crippen molar-refractivity contribution in [3.8, 4) is 0 Å². The van der Waals surface area contributed by atoms with Crippen molar-refractivity contribution in [2.45, 2.75) is 26.0 Å². The standard InChI is InChI=1S/C8H16N4S2/c1-3-6(2)4-13-5-7-8(10-9)14-12-11-7/h6,10H,3-5,9H2,1-2H3. The third kappa shape index (κ3) is 3.43. The molecule has 1 heterocycles. The minimum absolute atomic E-state index is 0.765. The lowest BCUT2D eigenvalue weighted by atomic mass is 10.2. The Hall–Kier alpha value is -0.330. The van der Waals surface area contributed by atoms with Crippen LogP contribution in [0, 0.1) is 5.92 Å². The predicted octanol–water partition coefficient (Wildman–Crippen LogP) is 2.10. The average Bonchev–Trinajstić information content (AvgIpc) is 2.65. The molecule has 80 valence electrons. The lowest BCUT2D eigenvalue weighted by molar-refractivity contribution is 0.637. The lowest BCUT2D eigenvalue weighted by Gasteiger charge is -2.06. The molecule has 0 saturated carbocycles. The SMILES string of the molecule is CCC(C)CSCc1nnsc1NN. The van der Waals surface area contributed by atoms with Gasteiger partial charge in [0.25, 0.3) is 0 Å². The van der Waals surface area contributed by atoms with Gasteiger partial charge in [0.15, 0.2) is 0 Å². The van der Waals surface area contributed by atoms with E-state index >= 15 is 0 Å². The maximum absolute atomic E-state index is 5.32. The number of hydrogen-bond acceptors (Lipinski definition) is 6. The molecule has 0 radical (unpaired) electrons. The highest BCUT2D eigenvalue weighted by molar-refractivity contribution is 7.98. The molecule has 0 bridgehead atoms. The molecule has 4 nitrogen and oxygen atoms in total. The molecule has 1 unspecified atom stereocenters. The second kappa shape index (κ2) is 6.21. The molecule has 6 heteroatoms. The van der Waals surface area contributed by atoms with Crippen molar-refractivity contribution >= 4 is 28.3 Å². The Kier molecular flexibility index (Phi) is 5.21. The molecule has 0 spiro atoms. The second-order valence-corrected chi connectivity index (χ2v) is 5.01. The summed E-state index contributed by atoms with van der Waals surface area (Å²) in [6, 6.07) is 0.